The van der Waals surface area contributed by atoms with Crippen molar-refractivity contribution in [2.45, 2.75) is 212 Å². The number of epoxide rings is 1. The zero-order chi connectivity index (χ0) is 39.4. The highest BCUT2D eigenvalue weighted by molar-refractivity contribution is 7.47. The van der Waals surface area contributed by atoms with Crippen LogP contribution in [0, 0.1) is 0 Å². The molecule has 0 bridgehead atoms. The Bertz CT molecular complexity index is 1010. The van der Waals surface area contributed by atoms with Crippen molar-refractivity contribution in [3.05, 3.63) is 24.3 Å². The Morgan fingerprint density at radius 1 is 0.648 bits per heavy atom. The number of esters is 2. The Hall–Kier alpha value is -1.55. The van der Waals surface area contributed by atoms with E-state index in [9.17, 15) is 19.0 Å². The van der Waals surface area contributed by atoms with Crippen LogP contribution in [0.4, 0.5) is 0 Å². The average Bonchev–Trinajstić information content (AvgIpc) is 3.91. The van der Waals surface area contributed by atoms with Crippen molar-refractivity contribution < 1.29 is 42.3 Å². The summed E-state index contributed by atoms with van der Waals surface area (Å²) in [4.78, 5) is 34.9. The van der Waals surface area contributed by atoms with Gasteiger partial charge in [-0.05, 0) is 64.2 Å². The molecule has 316 valence electrons. The number of unbranched alkanes of at least 4 members (excludes halogenated alkanes) is 20. The summed E-state index contributed by atoms with van der Waals surface area (Å²) in [6.07, 6.45) is 39.4. The molecule has 0 radical (unpaired) electrons. The van der Waals surface area contributed by atoms with Crippen LogP contribution in [-0.4, -0.2) is 61.5 Å². The van der Waals surface area contributed by atoms with E-state index in [-0.39, 0.29) is 32.6 Å². The second-order valence-electron chi connectivity index (χ2n) is 14.9. The van der Waals surface area contributed by atoms with Crippen LogP contribution in [0.15, 0.2) is 24.3 Å². The molecule has 1 saturated heterocycles. The van der Waals surface area contributed by atoms with E-state index >= 15 is 0 Å². The third-order valence-electron chi connectivity index (χ3n) is 9.73. The van der Waals surface area contributed by atoms with Gasteiger partial charge in [0.05, 0.1) is 25.4 Å². The highest BCUT2D eigenvalue weighted by Crippen LogP contribution is 2.43. The average molecular weight is 786 g/mol. The van der Waals surface area contributed by atoms with Gasteiger partial charge in [-0.25, -0.2) is 4.57 Å². The maximum atomic E-state index is 12.6. The lowest BCUT2D eigenvalue weighted by Gasteiger charge is -2.19. The largest absolute Gasteiger partial charge is 0.472 e. The third kappa shape index (κ3) is 32.7. The molecule has 54 heavy (non-hydrogen) atoms. The van der Waals surface area contributed by atoms with Crippen LogP contribution in [-0.2, 0) is 37.4 Å². The van der Waals surface area contributed by atoms with E-state index in [1.165, 1.54) is 83.5 Å². The van der Waals surface area contributed by atoms with Gasteiger partial charge >= 0.3 is 19.8 Å². The topological polar surface area (TPSA) is 147 Å². The number of carbonyl (C=O) groups is 2. The van der Waals surface area contributed by atoms with Crippen molar-refractivity contribution >= 4 is 19.8 Å². The molecule has 1 aliphatic heterocycles. The van der Waals surface area contributed by atoms with Gasteiger partial charge in [0.25, 0.3) is 0 Å². The van der Waals surface area contributed by atoms with Crippen LogP contribution in [0.1, 0.15) is 194 Å². The quantitative estimate of drug-likeness (QED) is 0.0202. The summed E-state index contributed by atoms with van der Waals surface area (Å²) in [5.41, 5.74) is 5.35. The second kappa shape index (κ2) is 35.8. The van der Waals surface area contributed by atoms with Gasteiger partial charge in [-0.1, -0.05) is 141 Å². The molecule has 0 amide bonds. The number of phosphoric ester groups is 1. The molecule has 3 unspecified atom stereocenters. The molecule has 0 aromatic carbocycles. The molecule has 4 atom stereocenters. The molecule has 0 spiro atoms. The summed E-state index contributed by atoms with van der Waals surface area (Å²) in [7, 11) is -4.38. The highest BCUT2D eigenvalue weighted by atomic mass is 31.2. The summed E-state index contributed by atoms with van der Waals surface area (Å²) in [5.74, 6) is -0.853. The fourth-order valence-electron chi connectivity index (χ4n) is 6.34. The first-order chi connectivity index (χ1) is 26.3. The Labute approximate surface area is 329 Å². The van der Waals surface area contributed by atoms with Crippen molar-refractivity contribution in [2.75, 3.05) is 26.4 Å². The van der Waals surface area contributed by atoms with E-state index in [1.807, 2.05) is 0 Å². The molecule has 1 aliphatic rings. The van der Waals surface area contributed by atoms with Crippen molar-refractivity contribution in [3.8, 4) is 0 Å². The molecule has 0 aromatic rings. The number of rotatable bonds is 40. The van der Waals surface area contributed by atoms with Gasteiger partial charge in [-0.3, -0.25) is 18.6 Å². The molecule has 3 N–H and O–H groups in total. The second-order valence-corrected chi connectivity index (χ2v) is 16.4. The summed E-state index contributed by atoms with van der Waals surface area (Å²) in [6, 6.07) is 0. The summed E-state index contributed by atoms with van der Waals surface area (Å²) >= 11 is 0. The molecule has 0 aliphatic carbocycles. The van der Waals surface area contributed by atoms with Gasteiger partial charge in [0, 0.05) is 19.4 Å². The van der Waals surface area contributed by atoms with E-state index in [4.69, 9.17) is 29.0 Å². The van der Waals surface area contributed by atoms with Crippen molar-refractivity contribution in [3.63, 3.8) is 0 Å². The number of hydrogen-bond donors (Lipinski definition) is 2. The van der Waals surface area contributed by atoms with Gasteiger partial charge in [-0.2, -0.15) is 0 Å². The lowest BCUT2D eigenvalue weighted by atomic mass is 10.1. The number of nitrogens with two attached hydrogens (primary N) is 1. The minimum absolute atomic E-state index is 0.0488. The predicted octanol–water partition coefficient (Wildman–Crippen LogP) is 11.4. The highest BCUT2D eigenvalue weighted by Gasteiger charge is 2.36. The molecule has 10 nitrogen and oxygen atoms in total. The SMILES string of the molecule is CCCCC/C=C\CC1OC1CCCCCCCC(=O)OC[C@H](COP(=O)(O)OCCN)OC(=O)CCCCCCCCC/C=C\CCCCCCCC. The van der Waals surface area contributed by atoms with Gasteiger partial charge in [0.15, 0.2) is 6.10 Å². The van der Waals surface area contributed by atoms with Crippen LogP contribution < -0.4 is 5.73 Å². The van der Waals surface area contributed by atoms with Crippen LogP contribution in [0.2, 0.25) is 0 Å². The molecule has 0 aromatic heterocycles. The van der Waals surface area contributed by atoms with Crippen LogP contribution in [0.25, 0.3) is 0 Å². The summed E-state index contributed by atoms with van der Waals surface area (Å²) in [6.45, 7) is 3.67. The third-order valence-corrected chi connectivity index (χ3v) is 10.7. The summed E-state index contributed by atoms with van der Waals surface area (Å²) < 4.78 is 38.6. The predicted molar refractivity (Wildman–Crippen MR) is 219 cm³/mol. The number of allylic oxidation sites excluding steroid dienone is 3. The molecule has 0 saturated carbocycles. The first-order valence-electron chi connectivity index (χ1n) is 21.9. The van der Waals surface area contributed by atoms with Gasteiger partial charge in [0.1, 0.15) is 6.61 Å². The van der Waals surface area contributed by atoms with Crippen LogP contribution in [0.5, 0.6) is 0 Å². The summed E-state index contributed by atoms with van der Waals surface area (Å²) in [5, 5.41) is 0. The smallest absolute Gasteiger partial charge is 0.462 e. The van der Waals surface area contributed by atoms with E-state index < -0.39 is 32.5 Å². The zero-order valence-electron chi connectivity index (χ0n) is 34.4. The van der Waals surface area contributed by atoms with E-state index in [2.05, 4.69) is 38.2 Å². The van der Waals surface area contributed by atoms with Crippen molar-refractivity contribution in [2.24, 2.45) is 5.73 Å². The maximum absolute atomic E-state index is 12.6. The van der Waals surface area contributed by atoms with E-state index in [1.54, 1.807) is 0 Å². The molecular formula is C43H80NO9P. The lowest BCUT2D eigenvalue weighted by molar-refractivity contribution is -0.161. The first kappa shape index (κ1) is 50.5. The fraction of sp³-hybridized carbons (Fsp3) is 0.860. The molecular weight excluding hydrogens is 705 g/mol. The number of hydrogen-bond acceptors (Lipinski definition) is 9. The van der Waals surface area contributed by atoms with E-state index in [0.717, 1.165) is 70.6 Å². The minimum Gasteiger partial charge on any atom is -0.462 e. The van der Waals surface area contributed by atoms with E-state index in [0.29, 0.717) is 25.0 Å². The number of phosphoric acid groups is 1. The van der Waals surface area contributed by atoms with Crippen molar-refractivity contribution in [1.82, 2.24) is 0 Å². The Kier molecular flexibility index (Phi) is 33.5. The zero-order valence-corrected chi connectivity index (χ0v) is 35.3. The van der Waals surface area contributed by atoms with Gasteiger partial charge < -0.3 is 24.8 Å². The molecule has 1 heterocycles. The standard InChI is InChI=1S/C43H80NO9P/c1-3-5-7-9-11-12-13-14-15-16-17-18-19-20-21-25-30-34-43(46)52-39(38-51-54(47,48)50-36-35-44)37-49-42(45)33-29-26-22-24-28-32-41-40(53-41)31-27-23-10-8-6-4-2/h14-15,23,27,39-41H,3-13,16-22,24-26,28-38,44H2,1-2H3,(H,47,48)/b15-14-,27-23-/t39-,40?,41?/m1/s1. The Morgan fingerprint density at radius 2 is 1.15 bits per heavy atom. The van der Waals surface area contributed by atoms with Crippen LogP contribution in [0.3, 0.4) is 0 Å². The van der Waals surface area contributed by atoms with Crippen molar-refractivity contribution in [1.29, 1.82) is 0 Å². The maximum Gasteiger partial charge on any atom is 0.472 e. The van der Waals surface area contributed by atoms with Gasteiger partial charge in [0.2, 0.25) is 0 Å². The monoisotopic (exact) mass is 786 g/mol. The fourth-order valence-corrected chi connectivity index (χ4v) is 7.11. The number of carbonyl (C=O) groups excluding carboxylic acids is 2. The minimum atomic E-state index is -4.38. The first-order valence-corrected chi connectivity index (χ1v) is 23.4. The molecule has 11 heteroatoms. The van der Waals surface area contributed by atoms with Gasteiger partial charge in [-0.15, -0.1) is 0 Å². The molecule has 1 fully saturated rings. The Balaban J connectivity index is 2.18. The van der Waals surface area contributed by atoms with Crippen LogP contribution >= 0.6 is 7.82 Å². The number of ether oxygens (including phenoxy) is 3. The molecule has 1 rings (SSSR count). The lowest BCUT2D eigenvalue weighted by Crippen LogP contribution is -2.29. The normalized spacial score (nSPS) is 17.3. The Morgan fingerprint density at radius 3 is 1.76 bits per heavy atom.